The molecule has 0 saturated heterocycles. The third kappa shape index (κ3) is 4.14. The van der Waals surface area contributed by atoms with E-state index in [1.807, 2.05) is 18.2 Å². The van der Waals surface area contributed by atoms with Crippen LogP contribution in [-0.4, -0.2) is 6.61 Å². The fraction of sp³-hybridized carbons (Fsp3) is 0.286. The first kappa shape index (κ1) is 14.2. The highest BCUT2D eigenvalue weighted by molar-refractivity contribution is 9.11. The molecule has 0 spiro atoms. The van der Waals surface area contributed by atoms with Gasteiger partial charge in [-0.15, -0.1) is 11.3 Å². The quantitative estimate of drug-likeness (QED) is 0.761. The summed E-state index contributed by atoms with van der Waals surface area (Å²) in [6.07, 6.45) is 0.973. The average Bonchev–Trinajstić information content (AvgIpc) is 2.82. The fourth-order valence-electron chi connectivity index (χ4n) is 1.62. The van der Waals surface area contributed by atoms with Crippen molar-refractivity contribution < 1.29 is 4.74 Å². The van der Waals surface area contributed by atoms with E-state index >= 15 is 0 Å². The molecule has 0 radical (unpaired) electrons. The van der Waals surface area contributed by atoms with E-state index < -0.39 is 0 Å². The first-order valence-corrected chi connectivity index (χ1v) is 7.80. The Labute approximate surface area is 125 Å². The highest BCUT2D eigenvalue weighted by Gasteiger charge is 2.03. The molecule has 0 aliphatic rings. The van der Waals surface area contributed by atoms with Crippen molar-refractivity contribution in [3.63, 3.8) is 0 Å². The summed E-state index contributed by atoms with van der Waals surface area (Å²) in [5.41, 5.74) is 7.58. The Kier molecular flexibility index (Phi) is 5.10. The molecule has 3 N–H and O–H groups in total. The molecule has 0 aliphatic carbocycles. The zero-order chi connectivity index (χ0) is 13.7. The van der Waals surface area contributed by atoms with E-state index in [1.54, 1.807) is 11.3 Å². The van der Waals surface area contributed by atoms with Crippen LogP contribution in [-0.2, 0) is 6.54 Å². The summed E-state index contributed by atoms with van der Waals surface area (Å²) < 4.78 is 6.76. The standard InChI is InChI=1S/C14H17BrN2OS/c1-2-7-18-13-8-10(3-5-12(13)16)17-9-11-4-6-14(15)19-11/h3-6,8,17H,2,7,9,16H2,1H3. The maximum absolute atomic E-state index is 5.88. The number of thiophene rings is 1. The minimum atomic E-state index is 0.679. The van der Waals surface area contributed by atoms with Gasteiger partial charge >= 0.3 is 0 Å². The normalized spacial score (nSPS) is 10.4. The molecule has 1 aromatic carbocycles. The van der Waals surface area contributed by atoms with Crippen LogP contribution in [0.1, 0.15) is 18.2 Å². The molecule has 1 aromatic heterocycles. The van der Waals surface area contributed by atoms with Gasteiger partial charge in [0.05, 0.1) is 16.1 Å². The van der Waals surface area contributed by atoms with Gasteiger partial charge in [0.25, 0.3) is 0 Å². The molecule has 0 saturated carbocycles. The monoisotopic (exact) mass is 340 g/mol. The summed E-state index contributed by atoms with van der Waals surface area (Å²) in [6, 6.07) is 9.95. The van der Waals surface area contributed by atoms with E-state index in [4.69, 9.17) is 10.5 Å². The van der Waals surface area contributed by atoms with Crippen LogP contribution in [0.3, 0.4) is 0 Å². The van der Waals surface area contributed by atoms with Crippen LogP contribution in [0.25, 0.3) is 0 Å². The lowest BCUT2D eigenvalue weighted by molar-refractivity contribution is 0.319. The molecule has 0 bridgehead atoms. The molecule has 5 heteroatoms. The second-order valence-electron chi connectivity index (χ2n) is 4.16. The summed E-state index contributed by atoms with van der Waals surface area (Å²) >= 11 is 5.19. The first-order chi connectivity index (χ1) is 9.19. The Morgan fingerprint density at radius 1 is 1.32 bits per heavy atom. The number of nitrogen functional groups attached to an aromatic ring is 1. The maximum Gasteiger partial charge on any atom is 0.144 e. The van der Waals surface area contributed by atoms with Crippen LogP contribution in [0.15, 0.2) is 34.1 Å². The third-order valence-corrected chi connectivity index (χ3v) is 4.19. The van der Waals surface area contributed by atoms with Gasteiger partial charge in [-0.25, -0.2) is 0 Å². The number of nitrogens with one attached hydrogen (secondary N) is 1. The second-order valence-corrected chi connectivity index (χ2v) is 6.71. The Morgan fingerprint density at radius 2 is 2.16 bits per heavy atom. The number of nitrogens with two attached hydrogens (primary N) is 1. The highest BCUT2D eigenvalue weighted by Crippen LogP contribution is 2.27. The summed E-state index contributed by atoms with van der Waals surface area (Å²) in [7, 11) is 0. The Hall–Kier alpha value is -1.20. The molecule has 0 aliphatic heterocycles. The molecule has 0 atom stereocenters. The molecule has 0 unspecified atom stereocenters. The molecular formula is C14H17BrN2OS. The van der Waals surface area contributed by atoms with Crippen molar-refractivity contribution in [2.45, 2.75) is 19.9 Å². The topological polar surface area (TPSA) is 47.3 Å². The summed E-state index contributed by atoms with van der Waals surface area (Å²) in [4.78, 5) is 1.28. The average molecular weight is 341 g/mol. The van der Waals surface area contributed by atoms with Crippen molar-refractivity contribution in [3.05, 3.63) is 39.0 Å². The maximum atomic E-state index is 5.88. The zero-order valence-electron chi connectivity index (χ0n) is 10.8. The predicted molar refractivity (Wildman–Crippen MR) is 86.0 cm³/mol. The zero-order valence-corrected chi connectivity index (χ0v) is 13.2. The van der Waals surface area contributed by atoms with Crippen LogP contribution in [0.5, 0.6) is 5.75 Å². The van der Waals surface area contributed by atoms with Crippen LogP contribution in [0, 0.1) is 0 Å². The largest absolute Gasteiger partial charge is 0.491 e. The van der Waals surface area contributed by atoms with Crippen LogP contribution in [0.2, 0.25) is 0 Å². The minimum Gasteiger partial charge on any atom is -0.491 e. The summed E-state index contributed by atoms with van der Waals surface area (Å²) in [5, 5.41) is 3.37. The van der Waals surface area contributed by atoms with Crippen LogP contribution < -0.4 is 15.8 Å². The van der Waals surface area contributed by atoms with Gasteiger partial charge in [0.2, 0.25) is 0 Å². The van der Waals surface area contributed by atoms with Gasteiger partial charge in [0.15, 0.2) is 0 Å². The van der Waals surface area contributed by atoms with Crippen molar-refractivity contribution >= 4 is 38.6 Å². The second kappa shape index (κ2) is 6.82. The molecule has 2 aromatic rings. The Bertz CT molecular complexity index is 542. The molecule has 19 heavy (non-hydrogen) atoms. The number of anilines is 2. The number of hydrogen-bond acceptors (Lipinski definition) is 4. The van der Waals surface area contributed by atoms with Crippen LogP contribution >= 0.6 is 27.3 Å². The van der Waals surface area contributed by atoms with Gasteiger partial charge in [-0.05, 0) is 46.6 Å². The number of rotatable bonds is 6. The number of benzene rings is 1. The lowest BCUT2D eigenvalue weighted by Crippen LogP contribution is -2.02. The Morgan fingerprint density at radius 3 is 2.84 bits per heavy atom. The van der Waals surface area contributed by atoms with E-state index in [0.717, 1.165) is 28.2 Å². The van der Waals surface area contributed by atoms with E-state index in [9.17, 15) is 0 Å². The van der Waals surface area contributed by atoms with Crippen molar-refractivity contribution in [2.24, 2.45) is 0 Å². The summed E-state index contributed by atoms with van der Waals surface area (Å²) in [5.74, 6) is 0.749. The molecule has 102 valence electrons. The Balaban J connectivity index is 2.00. The van der Waals surface area contributed by atoms with Crippen molar-refractivity contribution in [1.82, 2.24) is 0 Å². The van der Waals surface area contributed by atoms with Gasteiger partial charge in [0, 0.05) is 23.2 Å². The van der Waals surface area contributed by atoms with Gasteiger partial charge in [0.1, 0.15) is 5.75 Å². The molecule has 1 heterocycles. The molecule has 2 rings (SSSR count). The molecule has 0 fully saturated rings. The van der Waals surface area contributed by atoms with Crippen molar-refractivity contribution in [3.8, 4) is 5.75 Å². The number of ether oxygens (including phenoxy) is 1. The van der Waals surface area contributed by atoms with E-state index in [1.165, 1.54) is 4.88 Å². The lowest BCUT2D eigenvalue weighted by Gasteiger charge is -2.11. The van der Waals surface area contributed by atoms with Crippen LogP contribution in [0.4, 0.5) is 11.4 Å². The molecular weight excluding hydrogens is 324 g/mol. The van der Waals surface area contributed by atoms with Gasteiger partial charge in [-0.3, -0.25) is 0 Å². The smallest absolute Gasteiger partial charge is 0.144 e. The molecule has 3 nitrogen and oxygen atoms in total. The van der Waals surface area contributed by atoms with Crippen molar-refractivity contribution in [2.75, 3.05) is 17.7 Å². The van der Waals surface area contributed by atoms with Gasteiger partial charge < -0.3 is 15.8 Å². The number of hydrogen-bond donors (Lipinski definition) is 2. The third-order valence-electron chi connectivity index (χ3n) is 2.57. The minimum absolute atomic E-state index is 0.679. The van der Waals surface area contributed by atoms with E-state index in [-0.39, 0.29) is 0 Å². The predicted octanol–water partition coefficient (Wildman–Crippen LogP) is 4.49. The first-order valence-electron chi connectivity index (χ1n) is 6.19. The highest BCUT2D eigenvalue weighted by atomic mass is 79.9. The van der Waals surface area contributed by atoms with E-state index in [0.29, 0.717) is 12.3 Å². The number of halogens is 1. The van der Waals surface area contributed by atoms with Gasteiger partial charge in [-0.2, -0.15) is 0 Å². The summed E-state index contributed by atoms with van der Waals surface area (Å²) in [6.45, 7) is 3.56. The van der Waals surface area contributed by atoms with Gasteiger partial charge in [-0.1, -0.05) is 6.92 Å². The van der Waals surface area contributed by atoms with E-state index in [2.05, 4.69) is 40.3 Å². The SMILES string of the molecule is CCCOc1cc(NCc2ccc(Br)s2)ccc1N. The fourth-order valence-corrected chi connectivity index (χ4v) is 3.04. The van der Waals surface area contributed by atoms with Crippen molar-refractivity contribution in [1.29, 1.82) is 0 Å². The lowest BCUT2D eigenvalue weighted by atomic mass is 10.2. The molecule has 0 amide bonds.